The molecule has 6 nitrogen and oxygen atoms in total. The summed E-state index contributed by atoms with van der Waals surface area (Å²) in [5.41, 5.74) is 9.90. The van der Waals surface area contributed by atoms with Crippen molar-refractivity contribution in [1.29, 1.82) is 0 Å². The highest BCUT2D eigenvalue weighted by Crippen LogP contribution is 2.14. The third kappa shape index (κ3) is 4.30. The number of carbonyl (C=O) groups is 1. The molecule has 0 aromatic carbocycles. The first-order valence-corrected chi connectivity index (χ1v) is 8.31. The summed E-state index contributed by atoms with van der Waals surface area (Å²) >= 11 is 1.45. The zero-order valence-corrected chi connectivity index (χ0v) is 14.2. The summed E-state index contributed by atoms with van der Waals surface area (Å²) in [5, 5.41) is 9.88. The van der Waals surface area contributed by atoms with Gasteiger partial charge in [-0.2, -0.15) is 5.10 Å². The number of anilines is 1. The molecule has 2 aromatic rings. The Morgan fingerprint density at radius 3 is 2.77 bits per heavy atom. The number of amides is 1. The van der Waals surface area contributed by atoms with E-state index < -0.39 is 0 Å². The van der Waals surface area contributed by atoms with Crippen molar-refractivity contribution in [2.24, 2.45) is 7.05 Å². The van der Waals surface area contributed by atoms with E-state index in [1.54, 1.807) is 0 Å². The van der Waals surface area contributed by atoms with Crippen LogP contribution in [-0.2, 0) is 24.7 Å². The number of nitrogen functional groups attached to an aromatic ring is 1. The lowest BCUT2D eigenvalue weighted by molar-refractivity contribution is -0.121. The van der Waals surface area contributed by atoms with Gasteiger partial charge < -0.3 is 11.1 Å². The molecular formula is C15H23N5OS. The minimum absolute atomic E-state index is 0.0837. The van der Waals surface area contributed by atoms with Crippen LogP contribution in [-0.4, -0.2) is 27.2 Å². The fourth-order valence-corrected chi connectivity index (χ4v) is 3.04. The van der Waals surface area contributed by atoms with Crippen molar-refractivity contribution < 1.29 is 4.79 Å². The molecule has 3 N–H and O–H groups in total. The maximum Gasteiger partial charge on any atom is 0.220 e. The van der Waals surface area contributed by atoms with E-state index in [2.05, 4.69) is 15.4 Å². The lowest BCUT2D eigenvalue weighted by Crippen LogP contribution is -2.25. The van der Waals surface area contributed by atoms with Crippen molar-refractivity contribution in [1.82, 2.24) is 20.1 Å². The number of nitrogens with two attached hydrogens (primary N) is 1. The largest absolute Gasteiger partial charge is 0.375 e. The second kappa shape index (κ2) is 7.40. The number of carbonyl (C=O) groups excluding carboxylic acids is 1. The quantitative estimate of drug-likeness (QED) is 0.761. The zero-order valence-electron chi connectivity index (χ0n) is 13.3. The first-order valence-electron chi connectivity index (χ1n) is 7.43. The van der Waals surface area contributed by atoms with Crippen molar-refractivity contribution in [3.63, 3.8) is 0 Å². The van der Waals surface area contributed by atoms with Crippen molar-refractivity contribution >= 4 is 22.4 Å². The second-order valence-electron chi connectivity index (χ2n) is 5.40. The van der Waals surface area contributed by atoms with Crippen LogP contribution in [0.15, 0.2) is 5.38 Å². The van der Waals surface area contributed by atoms with Crippen molar-refractivity contribution in [2.75, 3.05) is 12.3 Å². The van der Waals surface area contributed by atoms with Crippen LogP contribution >= 0.6 is 11.3 Å². The Morgan fingerprint density at radius 2 is 2.18 bits per heavy atom. The SMILES string of the molecule is Cc1nn(C)c(C)c1CCC(=O)NCCCc1csc(N)n1. The topological polar surface area (TPSA) is 85.8 Å². The average Bonchev–Trinajstić information content (AvgIpc) is 2.98. The average molecular weight is 321 g/mol. The van der Waals surface area contributed by atoms with Gasteiger partial charge in [0.15, 0.2) is 5.13 Å². The van der Waals surface area contributed by atoms with Crippen LogP contribution in [0.25, 0.3) is 0 Å². The monoisotopic (exact) mass is 321 g/mol. The highest BCUT2D eigenvalue weighted by Gasteiger charge is 2.11. The molecule has 1 amide bonds. The van der Waals surface area contributed by atoms with Crippen LogP contribution in [0.1, 0.15) is 35.5 Å². The molecule has 22 heavy (non-hydrogen) atoms. The molecular weight excluding hydrogens is 298 g/mol. The summed E-state index contributed by atoms with van der Waals surface area (Å²) in [6, 6.07) is 0. The molecule has 0 aliphatic rings. The van der Waals surface area contributed by atoms with E-state index in [0.717, 1.165) is 36.3 Å². The molecule has 0 radical (unpaired) electrons. The maximum absolute atomic E-state index is 11.9. The Kier molecular flexibility index (Phi) is 5.54. The summed E-state index contributed by atoms with van der Waals surface area (Å²) in [4.78, 5) is 16.1. The highest BCUT2D eigenvalue weighted by atomic mass is 32.1. The standard InChI is InChI=1S/C15H23N5OS/c1-10-13(11(2)20(3)19-10)6-7-14(21)17-8-4-5-12-9-22-15(16)18-12/h9H,4-8H2,1-3H3,(H2,16,18)(H,17,21). The Morgan fingerprint density at radius 1 is 1.41 bits per heavy atom. The van der Waals surface area contributed by atoms with Crippen LogP contribution in [0.2, 0.25) is 0 Å². The molecule has 0 unspecified atom stereocenters. The normalized spacial score (nSPS) is 10.9. The zero-order chi connectivity index (χ0) is 16.1. The number of aromatic nitrogens is 3. The fourth-order valence-electron chi connectivity index (χ4n) is 2.44. The van der Waals surface area contributed by atoms with Gasteiger partial charge in [0.2, 0.25) is 5.91 Å². The van der Waals surface area contributed by atoms with Gasteiger partial charge in [-0.25, -0.2) is 4.98 Å². The van der Waals surface area contributed by atoms with Gasteiger partial charge in [-0.05, 0) is 38.7 Å². The molecule has 0 atom stereocenters. The van der Waals surface area contributed by atoms with Crippen molar-refractivity contribution in [3.8, 4) is 0 Å². The number of aryl methyl sites for hydroxylation is 3. The van der Waals surface area contributed by atoms with E-state index in [-0.39, 0.29) is 5.91 Å². The number of hydrogen-bond donors (Lipinski definition) is 2. The molecule has 2 rings (SSSR count). The summed E-state index contributed by atoms with van der Waals surface area (Å²) in [6.07, 6.45) is 2.95. The smallest absolute Gasteiger partial charge is 0.220 e. The molecule has 0 aliphatic carbocycles. The van der Waals surface area contributed by atoms with Crippen molar-refractivity contribution in [3.05, 3.63) is 28.0 Å². The Balaban J connectivity index is 1.67. The van der Waals surface area contributed by atoms with Crippen LogP contribution in [0.3, 0.4) is 0 Å². The molecule has 7 heteroatoms. The van der Waals surface area contributed by atoms with Gasteiger partial charge in [0.25, 0.3) is 0 Å². The van der Waals surface area contributed by atoms with E-state index in [4.69, 9.17) is 5.73 Å². The van der Waals surface area contributed by atoms with Crippen LogP contribution in [0.4, 0.5) is 5.13 Å². The summed E-state index contributed by atoms with van der Waals surface area (Å²) in [6.45, 7) is 4.69. The highest BCUT2D eigenvalue weighted by molar-refractivity contribution is 7.13. The van der Waals surface area contributed by atoms with Crippen LogP contribution < -0.4 is 11.1 Å². The molecule has 0 saturated carbocycles. The van der Waals surface area contributed by atoms with Gasteiger partial charge in [-0.3, -0.25) is 9.48 Å². The molecule has 2 aromatic heterocycles. The van der Waals surface area contributed by atoms with Gasteiger partial charge in [-0.1, -0.05) is 0 Å². The van der Waals surface area contributed by atoms with Gasteiger partial charge in [-0.15, -0.1) is 11.3 Å². The van der Waals surface area contributed by atoms with E-state index in [1.165, 1.54) is 16.9 Å². The summed E-state index contributed by atoms with van der Waals surface area (Å²) < 4.78 is 1.86. The predicted octanol–water partition coefficient (Wildman–Crippen LogP) is 1.76. The Bertz CT molecular complexity index is 646. The first kappa shape index (κ1) is 16.5. The third-order valence-electron chi connectivity index (χ3n) is 3.76. The van der Waals surface area contributed by atoms with E-state index in [0.29, 0.717) is 18.1 Å². The van der Waals surface area contributed by atoms with Crippen LogP contribution in [0.5, 0.6) is 0 Å². The molecule has 120 valence electrons. The predicted molar refractivity (Wildman–Crippen MR) is 88.9 cm³/mol. The lowest BCUT2D eigenvalue weighted by Gasteiger charge is -2.05. The molecule has 2 heterocycles. The van der Waals surface area contributed by atoms with Gasteiger partial charge in [0.1, 0.15) is 0 Å². The minimum atomic E-state index is 0.0837. The number of rotatable bonds is 7. The van der Waals surface area contributed by atoms with E-state index in [9.17, 15) is 4.79 Å². The fraction of sp³-hybridized carbons (Fsp3) is 0.533. The maximum atomic E-state index is 11.9. The molecule has 0 bridgehead atoms. The molecule has 0 spiro atoms. The van der Waals surface area contributed by atoms with Crippen molar-refractivity contribution in [2.45, 2.75) is 39.5 Å². The number of nitrogens with zero attached hydrogens (tertiary/aromatic N) is 3. The van der Waals surface area contributed by atoms with Gasteiger partial charge in [0, 0.05) is 31.1 Å². The third-order valence-corrected chi connectivity index (χ3v) is 4.49. The van der Waals surface area contributed by atoms with Gasteiger partial charge >= 0.3 is 0 Å². The molecule has 0 aliphatic heterocycles. The second-order valence-corrected chi connectivity index (χ2v) is 6.29. The van der Waals surface area contributed by atoms with E-state index in [1.807, 2.05) is 31.0 Å². The lowest BCUT2D eigenvalue weighted by atomic mass is 10.1. The van der Waals surface area contributed by atoms with Gasteiger partial charge in [0.05, 0.1) is 11.4 Å². The van der Waals surface area contributed by atoms with E-state index >= 15 is 0 Å². The number of thiazole rings is 1. The number of hydrogen-bond acceptors (Lipinski definition) is 5. The summed E-state index contributed by atoms with van der Waals surface area (Å²) in [7, 11) is 1.93. The summed E-state index contributed by atoms with van der Waals surface area (Å²) in [5.74, 6) is 0.0837. The Hall–Kier alpha value is -1.89. The van der Waals surface area contributed by atoms with Crippen LogP contribution in [0, 0.1) is 13.8 Å². The Labute approximate surface area is 134 Å². The minimum Gasteiger partial charge on any atom is -0.375 e. The molecule has 0 fully saturated rings. The first-order chi connectivity index (χ1) is 10.5. The molecule has 0 saturated heterocycles. The number of nitrogens with one attached hydrogen (secondary N) is 1.